The van der Waals surface area contributed by atoms with E-state index in [-0.39, 0.29) is 12.6 Å². The second-order valence-corrected chi connectivity index (χ2v) is 5.05. The van der Waals surface area contributed by atoms with Crippen molar-refractivity contribution in [3.63, 3.8) is 0 Å². The molecule has 0 bridgehead atoms. The Bertz CT molecular complexity index is 743. The lowest BCUT2D eigenvalue weighted by atomic mass is 10.1. The molecule has 3 aromatic rings. The highest BCUT2D eigenvalue weighted by Gasteiger charge is 2.11. The summed E-state index contributed by atoms with van der Waals surface area (Å²) in [6, 6.07) is 15.6. The topological polar surface area (TPSA) is 58.0 Å². The Hall–Kier alpha value is -2.46. The van der Waals surface area contributed by atoms with Crippen LogP contribution in [0.15, 0.2) is 54.7 Å². The molecule has 2 aromatic carbocycles. The molecule has 0 radical (unpaired) electrons. The summed E-state index contributed by atoms with van der Waals surface area (Å²) in [5.41, 5.74) is 3.08. The van der Waals surface area contributed by atoms with Gasteiger partial charge in [-0.2, -0.15) is 0 Å². The van der Waals surface area contributed by atoms with Crippen LogP contribution in [0.4, 0.5) is 5.95 Å². The van der Waals surface area contributed by atoms with Crippen molar-refractivity contribution in [3.8, 4) is 0 Å². The number of benzene rings is 2. The fraction of sp³-hybridized carbons (Fsp3) is 0.176. The summed E-state index contributed by atoms with van der Waals surface area (Å²) in [6.07, 6.45) is 1.80. The predicted octanol–water partition coefficient (Wildman–Crippen LogP) is 3.08. The van der Waals surface area contributed by atoms with Gasteiger partial charge in [0.15, 0.2) is 0 Å². The number of anilines is 1. The summed E-state index contributed by atoms with van der Waals surface area (Å²) < 4.78 is 0. The van der Waals surface area contributed by atoms with Gasteiger partial charge in [-0.3, -0.25) is 0 Å². The quantitative estimate of drug-likeness (QED) is 0.770. The average molecular weight is 279 g/mol. The Morgan fingerprint density at radius 3 is 2.71 bits per heavy atom. The van der Waals surface area contributed by atoms with Gasteiger partial charge in [-0.25, -0.2) is 9.97 Å². The number of nitrogens with one attached hydrogen (secondary N) is 1. The van der Waals surface area contributed by atoms with Crippen molar-refractivity contribution in [2.45, 2.75) is 13.0 Å². The Morgan fingerprint density at radius 1 is 1.14 bits per heavy atom. The van der Waals surface area contributed by atoms with Crippen LogP contribution in [0.3, 0.4) is 0 Å². The number of aliphatic hydroxyl groups is 1. The second-order valence-electron chi connectivity index (χ2n) is 5.05. The smallest absolute Gasteiger partial charge is 0.223 e. The van der Waals surface area contributed by atoms with Crippen molar-refractivity contribution in [1.82, 2.24) is 9.97 Å². The molecule has 0 aliphatic carbocycles. The molecule has 0 amide bonds. The number of aliphatic hydroxyl groups excluding tert-OH is 1. The summed E-state index contributed by atoms with van der Waals surface area (Å²) in [6.45, 7) is 2.03. The highest BCUT2D eigenvalue weighted by atomic mass is 16.3. The first-order chi connectivity index (χ1) is 10.3. The molecule has 0 saturated heterocycles. The fourth-order valence-electron chi connectivity index (χ4n) is 2.30. The highest BCUT2D eigenvalue weighted by Crippen LogP contribution is 2.19. The van der Waals surface area contributed by atoms with Gasteiger partial charge in [-0.05, 0) is 24.6 Å². The van der Waals surface area contributed by atoms with Crippen LogP contribution in [0.1, 0.15) is 17.2 Å². The summed E-state index contributed by atoms with van der Waals surface area (Å²) in [5.74, 6) is 0.522. The zero-order chi connectivity index (χ0) is 14.7. The van der Waals surface area contributed by atoms with Crippen LogP contribution in [-0.4, -0.2) is 21.7 Å². The molecule has 1 atom stereocenters. The first kappa shape index (κ1) is 13.5. The molecule has 0 aliphatic heterocycles. The lowest BCUT2D eigenvalue weighted by Gasteiger charge is -2.16. The van der Waals surface area contributed by atoms with Gasteiger partial charge in [-0.15, -0.1) is 0 Å². The Kier molecular flexibility index (Phi) is 3.79. The number of hydrogen-bond donors (Lipinski definition) is 2. The number of rotatable bonds is 4. The van der Waals surface area contributed by atoms with E-state index in [9.17, 15) is 5.11 Å². The largest absolute Gasteiger partial charge is 0.394 e. The van der Waals surface area contributed by atoms with Gasteiger partial charge in [0.25, 0.3) is 0 Å². The van der Waals surface area contributed by atoms with Gasteiger partial charge in [-0.1, -0.05) is 42.0 Å². The molecule has 0 saturated carbocycles. The van der Waals surface area contributed by atoms with E-state index in [1.807, 2.05) is 49.4 Å². The van der Waals surface area contributed by atoms with Gasteiger partial charge in [0.2, 0.25) is 5.95 Å². The summed E-state index contributed by atoms with van der Waals surface area (Å²) in [4.78, 5) is 8.82. The molecular formula is C17H17N3O. The third-order valence-corrected chi connectivity index (χ3v) is 3.42. The van der Waals surface area contributed by atoms with Crippen molar-refractivity contribution in [2.24, 2.45) is 0 Å². The van der Waals surface area contributed by atoms with Crippen molar-refractivity contribution in [2.75, 3.05) is 11.9 Å². The summed E-state index contributed by atoms with van der Waals surface area (Å²) in [5, 5.41) is 13.8. The van der Waals surface area contributed by atoms with Crippen LogP contribution in [0.25, 0.3) is 10.9 Å². The van der Waals surface area contributed by atoms with Gasteiger partial charge in [0.1, 0.15) is 0 Å². The van der Waals surface area contributed by atoms with Gasteiger partial charge < -0.3 is 10.4 Å². The van der Waals surface area contributed by atoms with Crippen LogP contribution in [0, 0.1) is 6.92 Å². The Labute approximate surface area is 123 Å². The molecule has 3 rings (SSSR count). The molecule has 0 fully saturated rings. The predicted molar refractivity (Wildman–Crippen MR) is 84.2 cm³/mol. The van der Waals surface area contributed by atoms with Gasteiger partial charge in [0.05, 0.1) is 18.2 Å². The van der Waals surface area contributed by atoms with Crippen LogP contribution in [0.5, 0.6) is 0 Å². The summed E-state index contributed by atoms with van der Waals surface area (Å²) >= 11 is 0. The average Bonchev–Trinajstić information content (AvgIpc) is 2.53. The van der Waals surface area contributed by atoms with E-state index in [1.165, 1.54) is 5.56 Å². The lowest BCUT2D eigenvalue weighted by molar-refractivity contribution is 0.276. The van der Waals surface area contributed by atoms with Gasteiger partial charge in [0, 0.05) is 11.6 Å². The Morgan fingerprint density at radius 2 is 1.95 bits per heavy atom. The van der Waals surface area contributed by atoms with Gasteiger partial charge >= 0.3 is 0 Å². The maximum absolute atomic E-state index is 9.57. The van der Waals surface area contributed by atoms with E-state index in [2.05, 4.69) is 21.4 Å². The number of nitrogens with zero attached hydrogens (tertiary/aromatic N) is 2. The van der Waals surface area contributed by atoms with E-state index in [0.29, 0.717) is 5.95 Å². The zero-order valence-corrected chi connectivity index (χ0v) is 11.8. The van der Waals surface area contributed by atoms with E-state index in [1.54, 1.807) is 6.20 Å². The molecule has 21 heavy (non-hydrogen) atoms. The van der Waals surface area contributed by atoms with Crippen LogP contribution in [-0.2, 0) is 0 Å². The summed E-state index contributed by atoms with van der Waals surface area (Å²) in [7, 11) is 0. The maximum Gasteiger partial charge on any atom is 0.223 e. The minimum atomic E-state index is -0.214. The molecular weight excluding hydrogens is 262 g/mol. The number of hydrogen-bond acceptors (Lipinski definition) is 4. The molecule has 4 heteroatoms. The maximum atomic E-state index is 9.57. The van der Waals surface area contributed by atoms with Crippen molar-refractivity contribution in [1.29, 1.82) is 0 Å². The molecule has 0 unspecified atom stereocenters. The fourth-order valence-corrected chi connectivity index (χ4v) is 2.30. The molecule has 0 spiro atoms. The van der Waals surface area contributed by atoms with Crippen molar-refractivity contribution < 1.29 is 5.11 Å². The second kappa shape index (κ2) is 5.89. The normalized spacial score (nSPS) is 12.3. The molecule has 2 N–H and O–H groups in total. The van der Waals surface area contributed by atoms with E-state index < -0.39 is 0 Å². The van der Waals surface area contributed by atoms with E-state index >= 15 is 0 Å². The SMILES string of the molecule is Cc1ccc2nc(N[C@H](CO)c3ccccc3)ncc2c1. The van der Waals surface area contributed by atoms with Crippen LogP contribution in [0.2, 0.25) is 0 Å². The van der Waals surface area contributed by atoms with Crippen LogP contribution < -0.4 is 5.32 Å². The zero-order valence-electron chi connectivity index (χ0n) is 11.8. The Balaban J connectivity index is 1.88. The molecule has 1 aromatic heterocycles. The first-order valence-electron chi connectivity index (χ1n) is 6.92. The first-order valence-corrected chi connectivity index (χ1v) is 6.92. The molecule has 0 aliphatic rings. The molecule has 4 nitrogen and oxygen atoms in total. The van der Waals surface area contributed by atoms with Crippen LogP contribution >= 0.6 is 0 Å². The van der Waals surface area contributed by atoms with Crippen molar-refractivity contribution >= 4 is 16.9 Å². The monoisotopic (exact) mass is 279 g/mol. The number of fused-ring (bicyclic) bond motifs is 1. The van der Waals surface area contributed by atoms with E-state index in [0.717, 1.165) is 16.5 Å². The minimum Gasteiger partial charge on any atom is -0.394 e. The minimum absolute atomic E-state index is 0.0146. The number of aromatic nitrogens is 2. The number of aryl methyl sites for hydroxylation is 1. The standard InChI is InChI=1S/C17H17N3O/c1-12-7-8-15-14(9-12)10-18-17(19-15)20-16(11-21)13-5-3-2-4-6-13/h2-10,16,21H,11H2,1H3,(H,18,19,20)/t16-/m1/s1. The lowest BCUT2D eigenvalue weighted by Crippen LogP contribution is -2.16. The third kappa shape index (κ3) is 3.01. The highest BCUT2D eigenvalue weighted by molar-refractivity contribution is 5.79. The third-order valence-electron chi connectivity index (χ3n) is 3.42. The van der Waals surface area contributed by atoms with E-state index in [4.69, 9.17) is 0 Å². The molecule has 106 valence electrons. The van der Waals surface area contributed by atoms with Crippen molar-refractivity contribution in [3.05, 3.63) is 65.9 Å². The molecule has 1 heterocycles.